The van der Waals surface area contributed by atoms with Gasteiger partial charge in [-0.1, -0.05) is 121 Å². The molecule has 10 rings (SSSR count). The largest absolute Gasteiger partial charge is 0.456 e. The molecule has 0 aliphatic rings. The van der Waals surface area contributed by atoms with Crippen molar-refractivity contribution in [3.05, 3.63) is 176 Å². The number of nitrogens with zero attached hydrogens (tertiary/aromatic N) is 1. The Labute approximate surface area is 282 Å². The van der Waals surface area contributed by atoms with Crippen LogP contribution in [0.15, 0.2) is 185 Å². The molecule has 0 spiro atoms. The molecule has 3 heteroatoms. The minimum atomic E-state index is 0.879. The van der Waals surface area contributed by atoms with Crippen LogP contribution < -0.4 is 4.90 Å². The lowest BCUT2D eigenvalue weighted by molar-refractivity contribution is 0.669. The van der Waals surface area contributed by atoms with Gasteiger partial charge in [0, 0.05) is 43.9 Å². The first kappa shape index (κ1) is 27.5. The number of furan rings is 2. The molecule has 0 bridgehead atoms. The van der Waals surface area contributed by atoms with E-state index < -0.39 is 0 Å². The van der Waals surface area contributed by atoms with Crippen molar-refractivity contribution in [3.8, 4) is 22.3 Å². The van der Waals surface area contributed by atoms with Gasteiger partial charge in [0.2, 0.25) is 0 Å². The van der Waals surface area contributed by atoms with Gasteiger partial charge >= 0.3 is 0 Å². The van der Waals surface area contributed by atoms with Crippen LogP contribution in [0.1, 0.15) is 0 Å². The minimum Gasteiger partial charge on any atom is -0.456 e. The van der Waals surface area contributed by atoms with Gasteiger partial charge in [-0.2, -0.15) is 0 Å². The molecule has 2 aromatic heterocycles. The van der Waals surface area contributed by atoms with Crippen molar-refractivity contribution in [1.82, 2.24) is 0 Å². The van der Waals surface area contributed by atoms with Crippen LogP contribution in [0.3, 0.4) is 0 Å². The molecule has 0 aliphatic carbocycles. The summed E-state index contributed by atoms with van der Waals surface area (Å²) >= 11 is 0. The van der Waals surface area contributed by atoms with E-state index >= 15 is 0 Å². The van der Waals surface area contributed by atoms with Gasteiger partial charge < -0.3 is 13.7 Å². The lowest BCUT2D eigenvalue weighted by atomic mass is 9.97. The van der Waals surface area contributed by atoms with Gasteiger partial charge in [0.1, 0.15) is 22.3 Å². The standard InChI is InChI=1S/C46H29NO2/c1-2-11-30(12-3-1)35-14-6-8-18-41(35)47(34-26-28-43-40(29-34)38-16-7-9-19-42(38)48-43)33-24-21-32(22-25-33)36-17-10-20-44-45(36)39-27-23-31-13-4-5-15-37(31)46(39)49-44/h1-29H. The normalized spacial score (nSPS) is 11.7. The first-order valence-corrected chi connectivity index (χ1v) is 16.6. The van der Waals surface area contributed by atoms with Crippen molar-refractivity contribution < 1.29 is 8.83 Å². The molecule has 8 aromatic carbocycles. The third kappa shape index (κ3) is 4.44. The smallest absolute Gasteiger partial charge is 0.143 e. The monoisotopic (exact) mass is 627 g/mol. The molecule has 230 valence electrons. The van der Waals surface area contributed by atoms with Crippen LogP contribution in [0.5, 0.6) is 0 Å². The summed E-state index contributed by atoms with van der Waals surface area (Å²) in [5.41, 5.74) is 11.4. The molecule has 0 atom stereocenters. The Hall–Kier alpha value is -6.58. The third-order valence-corrected chi connectivity index (χ3v) is 9.67. The summed E-state index contributed by atoms with van der Waals surface area (Å²) in [5, 5.41) is 6.79. The molecule has 3 nitrogen and oxygen atoms in total. The highest BCUT2D eigenvalue weighted by Gasteiger charge is 2.20. The number of hydrogen-bond acceptors (Lipinski definition) is 3. The average molecular weight is 628 g/mol. The summed E-state index contributed by atoms with van der Waals surface area (Å²) in [5.74, 6) is 0. The second kappa shape index (κ2) is 11.0. The van der Waals surface area contributed by atoms with E-state index in [2.05, 4.69) is 169 Å². The second-order valence-corrected chi connectivity index (χ2v) is 12.5. The summed E-state index contributed by atoms with van der Waals surface area (Å²) in [4.78, 5) is 2.35. The molecule has 49 heavy (non-hydrogen) atoms. The molecule has 0 N–H and O–H groups in total. The number of rotatable bonds is 5. The average Bonchev–Trinajstić information content (AvgIpc) is 3.75. The van der Waals surface area contributed by atoms with Crippen LogP contribution in [-0.4, -0.2) is 0 Å². The number of hydrogen-bond donors (Lipinski definition) is 0. The zero-order valence-electron chi connectivity index (χ0n) is 26.5. The predicted octanol–water partition coefficient (Wildman–Crippen LogP) is 13.4. The number of para-hydroxylation sites is 2. The summed E-state index contributed by atoms with van der Waals surface area (Å²) < 4.78 is 12.7. The first-order chi connectivity index (χ1) is 24.3. The molecule has 0 unspecified atom stereocenters. The van der Waals surface area contributed by atoms with E-state index in [1.54, 1.807) is 0 Å². The van der Waals surface area contributed by atoms with Crippen molar-refractivity contribution in [2.24, 2.45) is 0 Å². The van der Waals surface area contributed by atoms with E-state index in [9.17, 15) is 0 Å². The highest BCUT2D eigenvalue weighted by molar-refractivity contribution is 6.19. The molecular weight excluding hydrogens is 599 g/mol. The third-order valence-electron chi connectivity index (χ3n) is 9.67. The van der Waals surface area contributed by atoms with Crippen molar-refractivity contribution in [3.63, 3.8) is 0 Å². The van der Waals surface area contributed by atoms with Crippen LogP contribution >= 0.6 is 0 Å². The Morgan fingerprint density at radius 3 is 1.94 bits per heavy atom. The number of anilines is 3. The van der Waals surface area contributed by atoms with Crippen LogP contribution in [0.4, 0.5) is 17.1 Å². The minimum absolute atomic E-state index is 0.879. The summed E-state index contributed by atoms with van der Waals surface area (Å²) in [6.45, 7) is 0. The van der Waals surface area contributed by atoms with Crippen molar-refractivity contribution in [2.75, 3.05) is 4.90 Å². The summed E-state index contributed by atoms with van der Waals surface area (Å²) in [6.07, 6.45) is 0. The van der Waals surface area contributed by atoms with Gasteiger partial charge in [-0.05, 0) is 76.7 Å². The summed E-state index contributed by atoms with van der Waals surface area (Å²) in [7, 11) is 0. The maximum atomic E-state index is 6.50. The lowest BCUT2D eigenvalue weighted by Crippen LogP contribution is -2.11. The van der Waals surface area contributed by atoms with Gasteiger partial charge in [0.25, 0.3) is 0 Å². The Morgan fingerprint density at radius 2 is 1.04 bits per heavy atom. The molecule has 0 saturated heterocycles. The highest BCUT2D eigenvalue weighted by atomic mass is 16.3. The van der Waals surface area contributed by atoms with Crippen LogP contribution in [0.25, 0.3) is 76.9 Å². The number of benzene rings is 8. The van der Waals surface area contributed by atoms with Crippen LogP contribution in [-0.2, 0) is 0 Å². The molecule has 2 heterocycles. The van der Waals surface area contributed by atoms with Crippen LogP contribution in [0, 0.1) is 0 Å². The zero-order valence-corrected chi connectivity index (χ0v) is 26.5. The van der Waals surface area contributed by atoms with Gasteiger partial charge in [-0.15, -0.1) is 0 Å². The van der Waals surface area contributed by atoms with Gasteiger partial charge in [-0.3, -0.25) is 0 Å². The molecular formula is C46H29NO2. The fourth-order valence-corrected chi connectivity index (χ4v) is 7.40. The first-order valence-electron chi connectivity index (χ1n) is 16.6. The van der Waals surface area contributed by atoms with Gasteiger partial charge in [0.15, 0.2) is 0 Å². The molecule has 0 amide bonds. The quantitative estimate of drug-likeness (QED) is 0.190. The number of fused-ring (bicyclic) bond motifs is 8. The Morgan fingerprint density at radius 1 is 0.367 bits per heavy atom. The Balaban J connectivity index is 1.15. The topological polar surface area (TPSA) is 29.5 Å². The van der Waals surface area contributed by atoms with E-state index in [1.807, 2.05) is 12.1 Å². The van der Waals surface area contributed by atoms with Crippen LogP contribution in [0.2, 0.25) is 0 Å². The van der Waals surface area contributed by atoms with Crippen molar-refractivity contribution in [1.29, 1.82) is 0 Å². The molecule has 0 aliphatic heterocycles. The van der Waals surface area contributed by atoms with E-state index in [-0.39, 0.29) is 0 Å². The molecule has 10 aromatic rings. The Bertz CT molecular complexity index is 2830. The predicted molar refractivity (Wildman–Crippen MR) is 204 cm³/mol. The summed E-state index contributed by atoms with van der Waals surface area (Å²) in [6, 6.07) is 62.0. The fraction of sp³-hybridized carbons (Fsp3) is 0. The van der Waals surface area contributed by atoms with E-state index in [0.29, 0.717) is 0 Å². The van der Waals surface area contributed by atoms with E-state index in [1.165, 1.54) is 10.9 Å². The highest BCUT2D eigenvalue weighted by Crippen LogP contribution is 2.44. The zero-order chi connectivity index (χ0) is 32.3. The van der Waals surface area contributed by atoms with Gasteiger partial charge in [-0.25, -0.2) is 0 Å². The maximum Gasteiger partial charge on any atom is 0.143 e. The molecule has 0 radical (unpaired) electrons. The molecule has 0 fully saturated rings. The van der Waals surface area contributed by atoms with Gasteiger partial charge in [0.05, 0.1) is 5.69 Å². The second-order valence-electron chi connectivity index (χ2n) is 12.5. The van der Waals surface area contributed by atoms with E-state index in [0.717, 1.165) is 83.0 Å². The van der Waals surface area contributed by atoms with E-state index in [4.69, 9.17) is 8.83 Å². The lowest BCUT2D eigenvalue weighted by Gasteiger charge is -2.28. The molecule has 0 saturated carbocycles. The fourth-order valence-electron chi connectivity index (χ4n) is 7.40. The van der Waals surface area contributed by atoms with Crippen molar-refractivity contribution in [2.45, 2.75) is 0 Å². The maximum absolute atomic E-state index is 6.50. The SMILES string of the molecule is c1ccc(-c2ccccc2N(c2ccc(-c3cccc4oc5c6ccccc6ccc5c34)cc2)c2ccc3oc4ccccc4c3c2)cc1. The Kier molecular flexibility index (Phi) is 6.18. The van der Waals surface area contributed by atoms with Crippen molar-refractivity contribution >= 4 is 71.7 Å².